The lowest BCUT2D eigenvalue weighted by Crippen LogP contribution is -2.09. The lowest BCUT2D eigenvalue weighted by atomic mass is 10.2. The third kappa shape index (κ3) is 2.85. The Bertz CT molecular complexity index is 522. The average Bonchev–Trinajstić information content (AvgIpc) is 2.45. The monoisotopic (exact) mass is 240 g/mol. The second-order valence-electron chi connectivity index (χ2n) is 3.84. The number of aromatic nitrogens is 2. The van der Waals surface area contributed by atoms with E-state index in [0.717, 1.165) is 22.6 Å². The third-order valence-electron chi connectivity index (χ3n) is 2.64. The molecule has 2 heterocycles. The summed E-state index contributed by atoms with van der Waals surface area (Å²) in [6.45, 7) is 4.67. The third-order valence-corrected chi connectivity index (χ3v) is 2.64. The molecule has 0 aliphatic heterocycles. The summed E-state index contributed by atoms with van der Waals surface area (Å²) in [6, 6.07) is 7.83. The Balaban J connectivity index is 2.12. The predicted octanol–water partition coefficient (Wildman–Crippen LogP) is 2.28. The fourth-order valence-electron chi connectivity index (χ4n) is 1.61. The van der Waals surface area contributed by atoms with E-state index < -0.39 is 0 Å². The molecule has 92 valence electrons. The fourth-order valence-corrected chi connectivity index (χ4v) is 1.61. The van der Waals surface area contributed by atoms with Crippen molar-refractivity contribution in [1.29, 1.82) is 0 Å². The molecule has 0 unspecified atom stereocenters. The van der Waals surface area contributed by atoms with E-state index in [2.05, 4.69) is 27.2 Å². The molecule has 0 fully saturated rings. The van der Waals surface area contributed by atoms with E-state index in [4.69, 9.17) is 0 Å². The van der Waals surface area contributed by atoms with Crippen LogP contribution in [-0.2, 0) is 6.54 Å². The van der Waals surface area contributed by atoms with Crippen molar-refractivity contribution in [3.8, 4) is 0 Å². The van der Waals surface area contributed by atoms with Crippen LogP contribution in [-0.4, -0.2) is 17.0 Å². The van der Waals surface area contributed by atoms with Crippen LogP contribution in [0.25, 0.3) is 5.70 Å². The highest BCUT2D eigenvalue weighted by atomic mass is 15.0. The Kier molecular flexibility index (Phi) is 3.91. The topological polar surface area (TPSA) is 49.8 Å². The quantitative estimate of drug-likeness (QED) is 0.841. The predicted molar refractivity (Wildman–Crippen MR) is 73.9 cm³/mol. The van der Waals surface area contributed by atoms with Gasteiger partial charge in [-0.25, -0.2) is 4.98 Å². The summed E-state index contributed by atoms with van der Waals surface area (Å²) in [5.41, 5.74) is 2.99. The number of anilines is 1. The fraction of sp³-hybridized carbons (Fsp3) is 0.143. The van der Waals surface area contributed by atoms with Gasteiger partial charge in [0.1, 0.15) is 5.82 Å². The molecule has 0 bridgehead atoms. The normalized spacial score (nSPS) is 9.83. The first kappa shape index (κ1) is 12.1. The minimum absolute atomic E-state index is 0.712. The molecule has 2 aromatic rings. The van der Waals surface area contributed by atoms with Gasteiger partial charge in [-0.15, -0.1) is 0 Å². The first-order valence-corrected chi connectivity index (χ1v) is 5.76. The minimum Gasteiger partial charge on any atom is -0.388 e. The van der Waals surface area contributed by atoms with Crippen LogP contribution in [0.5, 0.6) is 0 Å². The smallest absolute Gasteiger partial charge is 0.135 e. The molecule has 0 spiro atoms. The molecule has 0 saturated carbocycles. The molecule has 2 rings (SSSR count). The molecule has 2 aromatic heterocycles. The summed E-state index contributed by atoms with van der Waals surface area (Å²) < 4.78 is 0. The van der Waals surface area contributed by atoms with E-state index in [1.807, 2.05) is 31.3 Å². The first-order valence-electron chi connectivity index (χ1n) is 5.76. The van der Waals surface area contributed by atoms with Crippen molar-refractivity contribution in [2.75, 3.05) is 12.4 Å². The van der Waals surface area contributed by atoms with Crippen LogP contribution in [0, 0.1) is 0 Å². The van der Waals surface area contributed by atoms with Crippen LogP contribution in [0.3, 0.4) is 0 Å². The lowest BCUT2D eigenvalue weighted by molar-refractivity contribution is 1.07. The second-order valence-corrected chi connectivity index (χ2v) is 3.84. The zero-order chi connectivity index (χ0) is 12.8. The molecule has 0 aliphatic rings. The average molecular weight is 240 g/mol. The summed E-state index contributed by atoms with van der Waals surface area (Å²) in [7, 11) is 1.85. The second kappa shape index (κ2) is 5.82. The summed E-state index contributed by atoms with van der Waals surface area (Å²) in [5.74, 6) is 0.827. The maximum atomic E-state index is 4.34. The van der Waals surface area contributed by atoms with Crippen molar-refractivity contribution in [2.24, 2.45) is 0 Å². The molecule has 4 heteroatoms. The number of nitrogens with zero attached hydrogens (tertiary/aromatic N) is 2. The molecule has 0 atom stereocenters. The maximum Gasteiger partial charge on any atom is 0.135 e. The van der Waals surface area contributed by atoms with E-state index in [9.17, 15) is 0 Å². The van der Waals surface area contributed by atoms with Gasteiger partial charge in [-0.3, -0.25) is 4.98 Å². The van der Waals surface area contributed by atoms with Crippen molar-refractivity contribution in [2.45, 2.75) is 6.54 Å². The van der Waals surface area contributed by atoms with Gasteiger partial charge in [0.2, 0.25) is 0 Å². The van der Waals surface area contributed by atoms with Crippen molar-refractivity contribution >= 4 is 11.5 Å². The lowest BCUT2D eigenvalue weighted by Gasteiger charge is -2.12. The van der Waals surface area contributed by atoms with Gasteiger partial charge in [-0.2, -0.15) is 0 Å². The van der Waals surface area contributed by atoms with Crippen LogP contribution in [0.1, 0.15) is 11.1 Å². The number of rotatable bonds is 5. The van der Waals surface area contributed by atoms with Crippen LogP contribution < -0.4 is 10.6 Å². The molecule has 0 saturated heterocycles. The van der Waals surface area contributed by atoms with E-state index in [0.29, 0.717) is 6.54 Å². The van der Waals surface area contributed by atoms with Crippen LogP contribution in [0.2, 0.25) is 0 Å². The van der Waals surface area contributed by atoms with Crippen molar-refractivity contribution in [1.82, 2.24) is 15.3 Å². The number of nitrogens with one attached hydrogen (secondary N) is 2. The zero-order valence-corrected chi connectivity index (χ0v) is 10.4. The van der Waals surface area contributed by atoms with Crippen molar-refractivity contribution in [3.05, 3.63) is 60.6 Å². The number of hydrogen-bond donors (Lipinski definition) is 2. The molecule has 4 nitrogen and oxygen atoms in total. The van der Waals surface area contributed by atoms with E-state index in [-0.39, 0.29) is 0 Å². The summed E-state index contributed by atoms with van der Waals surface area (Å²) in [5, 5.41) is 6.34. The molecule has 0 aromatic carbocycles. The van der Waals surface area contributed by atoms with Gasteiger partial charge < -0.3 is 10.6 Å². The van der Waals surface area contributed by atoms with Gasteiger partial charge in [0, 0.05) is 43.4 Å². The zero-order valence-electron chi connectivity index (χ0n) is 10.4. The Labute approximate surface area is 107 Å². The number of pyridine rings is 2. The highest BCUT2D eigenvalue weighted by molar-refractivity contribution is 5.71. The molecular formula is C14H16N4. The Morgan fingerprint density at radius 3 is 2.72 bits per heavy atom. The van der Waals surface area contributed by atoms with E-state index in [1.54, 1.807) is 18.6 Å². The van der Waals surface area contributed by atoms with Gasteiger partial charge >= 0.3 is 0 Å². The maximum absolute atomic E-state index is 4.34. The molecular weight excluding hydrogens is 224 g/mol. The Morgan fingerprint density at radius 2 is 2.00 bits per heavy atom. The van der Waals surface area contributed by atoms with Gasteiger partial charge in [0.15, 0.2) is 0 Å². The van der Waals surface area contributed by atoms with Gasteiger partial charge in [0.05, 0.1) is 0 Å². The van der Waals surface area contributed by atoms with Gasteiger partial charge in [0.25, 0.3) is 0 Å². The van der Waals surface area contributed by atoms with Crippen LogP contribution in [0.4, 0.5) is 5.82 Å². The molecule has 0 radical (unpaired) electrons. The van der Waals surface area contributed by atoms with Gasteiger partial charge in [-0.1, -0.05) is 6.58 Å². The van der Waals surface area contributed by atoms with Crippen molar-refractivity contribution < 1.29 is 0 Å². The molecule has 18 heavy (non-hydrogen) atoms. The summed E-state index contributed by atoms with van der Waals surface area (Å²) >= 11 is 0. The number of hydrogen-bond acceptors (Lipinski definition) is 4. The van der Waals surface area contributed by atoms with Crippen LogP contribution in [0.15, 0.2) is 49.4 Å². The standard InChI is InChI=1S/C14H16N4/c1-11(15-2)13-4-3-7-17-14(13)18-10-12-5-8-16-9-6-12/h3-9,15H,1,10H2,2H3,(H,17,18). The summed E-state index contributed by atoms with van der Waals surface area (Å²) in [4.78, 5) is 8.33. The van der Waals surface area contributed by atoms with E-state index in [1.165, 1.54) is 0 Å². The Morgan fingerprint density at radius 1 is 1.22 bits per heavy atom. The largest absolute Gasteiger partial charge is 0.388 e. The SMILES string of the molecule is C=C(NC)c1cccnc1NCc1ccncc1. The first-order chi connectivity index (χ1) is 8.81. The van der Waals surface area contributed by atoms with Crippen LogP contribution >= 0.6 is 0 Å². The van der Waals surface area contributed by atoms with Crippen molar-refractivity contribution in [3.63, 3.8) is 0 Å². The molecule has 2 N–H and O–H groups in total. The highest BCUT2D eigenvalue weighted by Crippen LogP contribution is 2.18. The molecule has 0 amide bonds. The van der Waals surface area contributed by atoms with Gasteiger partial charge in [-0.05, 0) is 29.8 Å². The summed E-state index contributed by atoms with van der Waals surface area (Å²) in [6.07, 6.45) is 5.33. The minimum atomic E-state index is 0.712. The van der Waals surface area contributed by atoms with E-state index >= 15 is 0 Å². The Hall–Kier alpha value is -2.36. The highest BCUT2D eigenvalue weighted by Gasteiger charge is 2.05. The molecule has 0 aliphatic carbocycles.